The molecule has 2 saturated heterocycles. The van der Waals surface area contributed by atoms with Gasteiger partial charge in [0, 0.05) is 19.3 Å². The Morgan fingerprint density at radius 3 is 2.31 bits per heavy atom. The van der Waals surface area contributed by atoms with Gasteiger partial charge < -0.3 is 0 Å². The van der Waals surface area contributed by atoms with Crippen LogP contribution in [0.15, 0.2) is 12.1 Å². The molecule has 2 N–H and O–H groups in total. The average Bonchev–Trinajstić information content (AvgIpc) is 2.81. The predicted molar refractivity (Wildman–Crippen MR) is 53.8 cm³/mol. The third-order valence-corrected chi connectivity index (χ3v) is 1.96. The summed E-state index contributed by atoms with van der Waals surface area (Å²) in [7, 11) is 0. The molecule has 0 aromatic heterocycles. The molecule has 1 atom stereocenters. The van der Waals surface area contributed by atoms with Crippen LogP contribution >= 0.6 is 0 Å². The van der Waals surface area contributed by atoms with Crippen LogP contribution in [0.4, 0.5) is 0 Å². The molecular weight excluding hydrogens is 212 g/mol. The molecule has 0 spiro atoms. The van der Waals surface area contributed by atoms with Crippen molar-refractivity contribution >= 4 is 23.6 Å². The maximum atomic E-state index is 10.6. The molecule has 0 aliphatic carbocycles. The highest BCUT2D eigenvalue weighted by Gasteiger charge is 2.25. The van der Waals surface area contributed by atoms with E-state index in [4.69, 9.17) is 2.74 Å². The molecule has 2 heterocycles. The summed E-state index contributed by atoms with van der Waals surface area (Å²) in [5, 5.41) is 4.17. The van der Waals surface area contributed by atoms with Gasteiger partial charge in [-0.2, -0.15) is 0 Å². The lowest BCUT2D eigenvalue weighted by molar-refractivity contribution is -0.126. The highest BCUT2D eigenvalue weighted by Crippen LogP contribution is 2.07. The molecule has 2 fully saturated rings. The highest BCUT2D eigenvalue weighted by atomic mass is 16.2. The van der Waals surface area contributed by atoms with E-state index in [0.29, 0.717) is 0 Å². The molecule has 2 aliphatic rings. The summed E-state index contributed by atoms with van der Waals surface area (Å²) in [6, 6.07) is 0. The topological polar surface area (TPSA) is 92.3 Å². The fourth-order valence-electron chi connectivity index (χ4n) is 1.11. The van der Waals surface area contributed by atoms with Crippen molar-refractivity contribution in [2.75, 3.05) is 0 Å². The van der Waals surface area contributed by atoms with Crippen LogP contribution in [-0.2, 0) is 19.2 Å². The molecule has 0 radical (unpaired) electrons. The highest BCUT2D eigenvalue weighted by molar-refractivity contribution is 6.12. The van der Waals surface area contributed by atoms with Crippen LogP contribution in [0.25, 0.3) is 0 Å². The largest absolute Gasteiger partial charge is 0.296 e. The van der Waals surface area contributed by atoms with Gasteiger partial charge in [-0.15, -0.1) is 0 Å². The van der Waals surface area contributed by atoms with E-state index in [1.165, 1.54) is 0 Å². The number of nitrogens with one attached hydrogen (secondary N) is 2. The first-order chi connectivity index (χ1) is 8.47. The summed E-state index contributed by atoms with van der Waals surface area (Å²) >= 11 is 0. The van der Waals surface area contributed by atoms with Crippen LogP contribution < -0.4 is 10.6 Å². The molecule has 6 nitrogen and oxygen atoms in total. The van der Waals surface area contributed by atoms with Gasteiger partial charge in [-0.05, 0) is 0 Å². The number of hydrogen-bond donors (Lipinski definition) is 2. The van der Waals surface area contributed by atoms with Gasteiger partial charge in [-0.1, -0.05) is 13.5 Å². The minimum atomic E-state index is -0.435. The number of carbonyl (C=O) groups excluding carboxylic acids is 4. The molecule has 1 unspecified atom stereocenters. The fraction of sp³-hybridized carbons (Fsp3) is 0.400. The minimum absolute atomic E-state index is 0.0115. The van der Waals surface area contributed by atoms with Crippen molar-refractivity contribution in [2.24, 2.45) is 5.92 Å². The van der Waals surface area contributed by atoms with Crippen molar-refractivity contribution in [1.82, 2.24) is 10.6 Å². The Balaban J connectivity index is 0.000000180. The summed E-state index contributed by atoms with van der Waals surface area (Å²) < 4.78 is 13.5. The van der Waals surface area contributed by atoms with Crippen molar-refractivity contribution in [3.8, 4) is 0 Å². The molecule has 0 aromatic rings. The van der Waals surface area contributed by atoms with Crippen LogP contribution in [-0.4, -0.2) is 23.6 Å². The van der Waals surface area contributed by atoms with Gasteiger partial charge in [-0.3, -0.25) is 29.8 Å². The molecular formula is C10H12N2O4. The van der Waals surface area contributed by atoms with Crippen molar-refractivity contribution in [2.45, 2.75) is 19.7 Å². The van der Waals surface area contributed by atoms with E-state index in [9.17, 15) is 19.2 Å². The number of rotatable bonds is 0. The first-order valence-electron chi connectivity index (χ1n) is 5.81. The summed E-state index contributed by atoms with van der Waals surface area (Å²) in [5.74, 6) is -1.70. The minimum Gasteiger partial charge on any atom is -0.296 e. The summed E-state index contributed by atoms with van der Waals surface area (Å²) in [4.78, 5) is 41.8. The number of carbonyl (C=O) groups is 4. The monoisotopic (exact) mass is 228 g/mol. The van der Waals surface area contributed by atoms with Gasteiger partial charge >= 0.3 is 0 Å². The summed E-state index contributed by atoms with van der Waals surface area (Å²) in [6.07, 6.45) is 0.255. The van der Waals surface area contributed by atoms with Crippen LogP contribution in [0, 0.1) is 5.92 Å². The SMILES string of the molecule is [3H]C=C1CC(=O)NC1=O.[3H]CC1CC(=O)NC1=O. The molecule has 2 aliphatic heterocycles. The van der Waals surface area contributed by atoms with E-state index >= 15 is 0 Å². The lowest BCUT2D eigenvalue weighted by Gasteiger charge is -1.88. The second-order valence-corrected chi connectivity index (χ2v) is 3.39. The third kappa shape index (κ3) is 3.01. The molecule has 6 heteroatoms. The van der Waals surface area contributed by atoms with Crippen LogP contribution in [0.5, 0.6) is 0 Å². The Bertz CT molecular complexity index is 434. The zero-order chi connectivity index (χ0) is 13.7. The fourth-order valence-corrected chi connectivity index (χ4v) is 1.11. The van der Waals surface area contributed by atoms with E-state index < -0.39 is 11.8 Å². The quantitative estimate of drug-likeness (QED) is 0.422. The van der Waals surface area contributed by atoms with E-state index in [1.807, 2.05) is 0 Å². The second kappa shape index (κ2) is 4.69. The van der Waals surface area contributed by atoms with E-state index in [0.717, 1.165) is 6.55 Å². The van der Waals surface area contributed by atoms with Crippen LogP contribution in [0.3, 0.4) is 0 Å². The van der Waals surface area contributed by atoms with Crippen molar-refractivity contribution in [3.05, 3.63) is 12.1 Å². The average molecular weight is 228 g/mol. The van der Waals surface area contributed by atoms with Crippen molar-refractivity contribution < 1.29 is 21.9 Å². The lowest BCUT2D eigenvalue weighted by atomic mass is 10.1. The zero-order valence-corrected chi connectivity index (χ0v) is 8.41. The van der Waals surface area contributed by atoms with Crippen LogP contribution in [0.2, 0.25) is 0 Å². The molecule has 4 amide bonds. The molecule has 16 heavy (non-hydrogen) atoms. The van der Waals surface area contributed by atoms with Crippen molar-refractivity contribution in [3.63, 3.8) is 0 Å². The molecule has 2 rings (SSSR count). The van der Waals surface area contributed by atoms with Gasteiger partial charge in [0.1, 0.15) is 0 Å². The van der Waals surface area contributed by atoms with Gasteiger partial charge in [0.05, 0.1) is 7.79 Å². The van der Waals surface area contributed by atoms with E-state index in [1.54, 1.807) is 0 Å². The number of hydrogen-bond acceptors (Lipinski definition) is 4. The Labute approximate surface area is 94.9 Å². The van der Waals surface area contributed by atoms with E-state index in [-0.39, 0.29) is 43.0 Å². The van der Waals surface area contributed by atoms with Crippen molar-refractivity contribution in [1.29, 1.82) is 0 Å². The first kappa shape index (κ1) is 9.26. The number of amides is 4. The zero-order valence-electron chi connectivity index (χ0n) is 10.4. The summed E-state index contributed by atoms with van der Waals surface area (Å²) in [5.41, 5.74) is 0.236. The normalized spacial score (nSPS) is 28.0. The maximum absolute atomic E-state index is 10.6. The van der Waals surface area contributed by atoms with Gasteiger partial charge in [-0.25, -0.2) is 0 Å². The standard InChI is InChI=1S/C5H7NO2.C5H5NO2/c2*1-3-2-4(7)6-5(3)8/h3H,2H2,1H3,(H,6,7,8);1-2H2,(H,6,7,8)/i2*1T. The Morgan fingerprint density at radius 1 is 1.31 bits per heavy atom. The first-order valence-corrected chi connectivity index (χ1v) is 4.52. The third-order valence-electron chi connectivity index (χ3n) is 1.96. The predicted octanol–water partition coefficient (Wildman–Crippen LogP) is -0.742. The molecule has 0 saturated carbocycles. The Morgan fingerprint density at radius 2 is 2.06 bits per heavy atom. The molecule has 0 bridgehead atoms. The van der Waals surface area contributed by atoms with Crippen LogP contribution in [0.1, 0.15) is 22.5 Å². The maximum Gasteiger partial charge on any atom is 0.253 e. The smallest absolute Gasteiger partial charge is 0.253 e. The van der Waals surface area contributed by atoms with E-state index in [2.05, 4.69) is 10.6 Å². The van der Waals surface area contributed by atoms with Gasteiger partial charge in [0.2, 0.25) is 17.7 Å². The number of imide groups is 2. The Hall–Kier alpha value is -1.98. The summed E-state index contributed by atoms with van der Waals surface area (Å²) in [6.45, 7) is 0.914. The van der Waals surface area contributed by atoms with Gasteiger partial charge in [0.15, 0.2) is 0 Å². The van der Waals surface area contributed by atoms with Gasteiger partial charge in [0.25, 0.3) is 5.91 Å². The lowest BCUT2D eigenvalue weighted by Crippen LogP contribution is -2.20. The molecule has 86 valence electrons. The molecule has 0 aromatic carbocycles. The second-order valence-electron chi connectivity index (χ2n) is 3.39. The Kier molecular flexibility index (Phi) is 2.72.